The van der Waals surface area contributed by atoms with Gasteiger partial charge in [-0.2, -0.15) is 13.2 Å². The highest BCUT2D eigenvalue weighted by Crippen LogP contribution is 2.28. The average Bonchev–Trinajstić information content (AvgIpc) is 2.27. The predicted molar refractivity (Wildman–Crippen MR) is 60.0 cm³/mol. The molecule has 1 heterocycles. The van der Waals surface area contributed by atoms with Crippen LogP contribution in [0.3, 0.4) is 0 Å². The molecule has 7 heteroatoms. The summed E-state index contributed by atoms with van der Waals surface area (Å²) in [6.07, 6.45) is -3.77. The Bertz CT molecular complexity index is 392. The first-order chi connectivity index (χ1) is 7.86. The fourth-order valence-electron chi connectivity index (χ4n) is 1.11. The van der Waals surface area contributed by atoms with Gasteiger partial charge in [0.05, 0.1) is 5.56 Å². The third-order valence-corrected chi connectivity index (χ3v) is 2.43. The molecule has 1 aromatic heterocycles. The van der Waals surface area contributed by atoms with Crippen LogP contribution < -0.4 is 0 Å². The Morgan fingerprint density at radius 1 is 1.47 bits per heavy atom. The molecule has 0 aromatic carbocycles. The molecule has 0 N–H and O–H groups in total. The van der Waals surface area contributed by atoms with Crippen molar-refractivity contribution in [3.8, 4) is 0 Å². The molecule has 1 amide bonds. The van der Waals surface area contributed by atoms with Crippen molar-refractivity contribution in [3.05, 3.63) is 29.6 Å². The van der Waals surface area contributed by atoms with Gasteiger partial charge in [0.25, 0.3) is 5.91 Å². The first-order valence-corrected chi connectivity index (χ1v) is 5.83. The summed E-state index contributed by atoms with van der Waals surface area (Å²) in [5.74, 6) is -0.404. The summed E-state index contributed by atoms with van der Waals surface area (Å²) in [4.78, 5) is 16.6. The van der Waals surface area contributed by atoms with Crippen LogP contribution in [0, 0.1) is 0 Å². The van der Waals surface area contributed by atoms with Crippen LogP contribution in [0.4, 0.5) is 13.2 Å². The minimum absolute atomic E-state index is 0.00134. The molecule has 3 nitrogen and oxygen atoms in total. The van der Waals surface area contributed by atoms with Crippen LogP contribution in [0.1, 0.15) is 16.1 Å². The Morgan fingerprint density at radius 2 is 2.12 bits per heavy atom. The predicted octanol–water partition coefficient (Wildman–Crippen LogP) is 2.57. The molecule has 0 radical (unpaired) electrons. The summed E-state index contributed by atoms with van der Waals surface area (Å²) in [6.45, 7) is 0.460. The number of hydrogen-bond acceptors (Lipinski definition) is 2. The second kappa shape index (κ2) is 5.48. The van der Waals surface area contributed by atoms with E-state index in [1.165, 1.54) is 4.90 Å². The maximum atomic E-state index is 12.3. The zero-order valence-electron chi connectivity index (χ0n) is 8.96. The fourth-order valence-corrected chi connectivity index (χ4v) is 1.64. The van der Waals surface area contributed by atoms with Gasteiger partial charge in [-0.25, -0.2) is 0 Å². The Hall–Kier alpha value is -1.11. The number of hydrogen-bond donors (Lipinski definition) is 0. The number of nitrogens with zero attached hydrogens (tertiary/aromatic N) is 2. The summed E-state index contributed by atoms with van der Waals surface area (Å²) in [5, 5.41) is 0.593. The summed E-state index contributed by atoms with van der Waals surface area (Å²) >= 11 is 3.17. The van der Waals surface area contributed by atoms with E-state index in [2.05, 4.69) is 20.9 Å². The number of aromatic nitrogens is 1. The van der Waals surface area contributed by atoms with Gasteiger partial charge in [-0.05, 0) is 12.1 Å². The molecule has 0 aliphatic rings. The molecule has 94 valence electrons. The highest BCUT2D eigenvalue weighted by Gasteiger charge is 2.31. The first-order valence-electron chi connectivity index (χ1n) is 4.71. The van der Waals surface area contributed by atoms with E-state index in [1.54, 1.807) is 7.05 Å². The molecule has 0 fully saturated rings. The number of alkyl halides is 4. The van der Waals surface area contributed by atoms with Crippen molar-refractivity contribution >= 4 is 21.8 Å². The van der Waals surface area contributed by atoms with Gasteiger partial charge in [0, 0.05) is 25.1 Å². The highest BCUT2D eigenvalue weighted by molar-refractivity contribution is 9.09. The standard InChI is InChI=1S/C10H10BrF3N2O/c1-16(5-4-11)9(17)8-3-2-7(6-15-8)10(12,13)14/h2-3,6H,4-5H2,1H3. The largest absolute Gasteiger partial charge is 0.417 e. The second-order valence-electron chi connectivity index (χ2n) is 3.35. The van der Waals surface area contributed by atoms with Gasteiger partial charge in [0.2, 0.25) is 0 Å². The smallest absolute Gasteiger partial charge is 0.340 e. The van der Waals surface area contributed by atoms with E-state index in [9.17, 15) is 18.0 Å². The van der Waals surface area contributed by atoms with E-state index in [1.807, 2.05) is 0 Å². The first kappa shape index (κ1) is 14.0. The van der Waals surface area contributed by atoms with Crippen LogP contribution in [0.2, 0.25) is 0 Å². The Kier molecular flexibility index (Phi) is 4.50. The van der Waals surface area contributed by atoms with Crippen LogP contribution in [-0.2, 0) is 6.18 Å². The molecule has 0 saturated carbocycles. The van der Waals surface area contributed by atoms with Gasteiger partial charge in [0.15, 0.2) is 0 Å². The molecule has 0 saturated heterocycles. The Labute approximate surface area is 105 Å². The average molecular weight is 311 g/mol. The zero-order chi connectivity index (χ0) is 13.1. The third-order valence-electron chi connectivity index (χ3n) is 2.08. The Morgan fingerprint density at radius 3 is 2.53 bits per heavy atom. The van der Waals surface area contributed by atoms with Crippen LogP contribution >= 0.6 is 15.9 Å². The van der Waals surface area contributed by atoms with E-state index in [0.717, 1.165) is 12.1 Å². The van der Waals surface area contributed by atoms with Gasteiger partial charge in [-0.3, -0.25) is 9.78 Å². The van der Waals surface area contributed by atoms with Crippen molar-refractivity contribution in [2.75, 3.05) is 18.9 Å². The SMILES string of the molecule is CN(CCBr)C(=O)c1ccc(C(F)(F)F)cn1. The molecule has 1 rings (SSSR count). The topological polar surface area (TPSA) is 33.2 Å². The van der Waals surface area contributed by atoms with Crippen molar-refractivity contribution in [2.45, 2.75) is 6.18 Å². The van der Waals surface area contributed by atoms with E-state index < -0.39 is 17.6 Å². The van der Waals surface area contributed by atoms with Crippen LogP contribution in [0.25, 0.3) is 0 Å². The molecule has 17 heavy (non-hydrogen) atoms. The monoisotopic (exact) mass is 310 g/mol. The van der Waals surface area contributed by atoms with Gasteiger partial charge in [-0.1, -0.05) is 15.9 Å². The molecule has 0 bridgehead atoms. The van der Waals surface area contributed by atoms with Crippen LogP contribution in [0.15, 0.2) is 18.3 Å². The zero-order valence-corrected chi connectivity index (χ0v) is 10.5. The number of amides is 1. The van der Waals surface area contributed by atoms with Crippen LogP contribution in [0.5, 0.6) is 0 Å². The van der Waals surface area contributed by atoms with E-state index >= 15 is 0 Å². The minimum atomic E-state index is -4.43. The quantitative estimate of drug-likeness (QED) is 0.804. The molecule has 0 aliphatic heterocycles. The van der Waals surface area contributed by atoms with Gasteiger partial charge in [0.1, 0.15) is 5.69 Å². The molecule has 0 spiro atoms. The molecular formula is C10H10BrF3N2O. The normalized spacial score (nSPS) is 11.4. The van der Waals surface area contributed by atoms with Crippen molar-refractivity contribution in [2.24, 2.45) is 0 Å². The lowest BCUT2D eigenvalue weighted by atomic mass is 10.2. The lowest BCUT2D eigenvalue weighted by molar-refractivity contribution is -0.137. The van der Waals surface area contributed by atoms with Crippen molar-refractivity contribution in [1.82, 2.24) is 9.88 Å². The van der Waals surface area contributed by atoms with Gasteiger partial charge < -0.3 is 4.90 Å². The summed E-state index contributed by atoms with van der Waals surface area (Å²) < 4.78 is 36.8. The number of halogens is 4. The second-order valence-corrected chi connectivity index (χ2v) is 4.14. The third kappa shape index (κ3) is 3.69. The van der Waals surface area contributed by atoms with E-state index in [0.29, 0.717) is 18.1 Å². The molecule has 0 atom stereocenters. The maximum Gasteiger partial charge on any atom is 0.417 e. The highest BCUT2D eigenvalue weighted by atomic mass is 79.9. The fraction of sp³-hybridized carbons (Fsp3) is 0.400. The molecule has 0 unspecified atom stereocenters. The molecule has 0 aliphatic carbocycles. The van der Waals surface area contributed by atoms with Gasteiger partial charge in [-0.15, -0.1) is 0 Å². The van der Waals surface area contributed by atoms with Gasteiger partial charge >= 0.3 is 6.18 Å². The van der Waals surface area contributed by atoms with E-state index in [-0.39, 0.29) is 5.69 Å². The van der Waals surface area contributed by atoms with Crippen molar-refractivity contribution < 1.29 is 18.0 Å². The number of pyridine rings is 1. The van der Waals surface area contributed by atoms with Crippen molar-refractivity contribution in [1.29, 1.82) is 0 Å². The minimum Gasteiger partial charge on any atom is -0.340 e. The van der Waals surface area contributed by atoms with Crippen LogP contribution in [-0.4, -0.2) is 34.7 Å². The maximum absolute atomic E-state index is 12.3. The van der Waals surface area contributed by atoms with E-state index in [4.69, 9.17) is 0 Å². The number of carbonyl (C=O) groups is 1. The molecular weight excluding hydrogens is 301 g/mol. The summed E-state index contributed by atoms with van der Waals surface area (Å²) in [5.41, 5.74) is -0.862. The lowest BCUT2D eigenvalue weighted by Crippen LogP contribution is -2.29. The summed E-state index contributed by atoms with van der Waals surface area (Å²) in [7, 11) is 1.56. The summed E-state index contributed by atoms with van der Waals surface area (Å²) in [6, 6.07) is 1.93. The number of rotatable bonds is 3. The molecule has 1 aromatic rings. The lowest BCUT2D eigenvalue weighted by Gasteiger charge is -2.15. The Balaban J connectivity index is 2.84. The van der Waals surface area contributed by atoms with Crippen molar-refractivity contribution in [3.63, 3.8) is 0 Å². The number of carbonyl (C=O) groups excluding carboxylic acids is 1.